The second kappa shape index (κ2) is 11.2. The van der Waals surface area contributed by atoms with E-state index in [1.807, 2.05) is 26.8 Å². The lowest BCUT2D eigenvalue weighted by Gasteiger charge is -2.30. The van der Waals surface area contributed by atoms with Crippen LogP contribution in [0.15, 0.2) is 16.9 Å². The highest BCUT2D eigenvalue weighted by Crippen LogP contribution is 2.43. The van der Waals surface area contributed by atoms with Crippen molar-refractivity contribution in [1.29, 1.82) is 0 Å². The van der Waals surface area contributed by atoms with Crippen LogP contribution in [0.3, 0.4) is 0 Å². The molecule has 2 N–H and O–H groups in total. The lowest BCUT2D eigenvalue weighted by molar-refractivity contribution is -0.165. The molecular weight excluding hydrogens is 484 g/mol. The smallest absolute Gasteiger partial charge is 0.253 e. The molecule has 1 aromatic carbocycles. The van der Waals surface area contributed by atoms with Gasteiger partial charge in [-0.3, -0.25) is 9.59 Å². The van der Waals surface area contributed by atoms with Crippen LogP contribution in [-0.2, 0) is 22.4 Å². The van der Waals surface area contributed by atoms with E-state index in [-0.39, 0.29) is 24.1 Å². The summed E-state index contributed by atoms with van der Waals surface area (Å²) in [5, 5.41) is 3.17. The van der Waals surface area contributed by atoms with Gasteiger partial charge in [-0.25, -0.2) is 0 Å². The molecule has 4 rings (SSSR count). The Morgan fingerprint density at radius 1 is 1.19 bits per heavy atom. The molecule has 0 spiro atoms. The van der Waals surface area contributed by atoms with Crippen molar-refractivity contribution in [2.75, 3.05) is 19.8 Å². The summed E-state index contributed by atoms with van der Waals surface area (Å²) in [4.78, 5) is 28.4. The lowest BCUT2D eigenvalue weighted by Crippen LogP contribution is -2.33. The summed E-state index contributed by atoms with van der Waals surface area (Å²) in [5.41, 5.74) is 3.09. The fraction of sp³-hybridized carbons (Fsp3) is 0.556. The number of carbonyl (C=O) groups excluding carboxylic acids is 1. The molecular formula is C27H35ClN2O6. The van der Waals surface area contributed by atoms with Crippen molar-refractivity contribution in [2.45, 2.75) is 78.2 Å². The quantitative estimate of drug-likeness (QED) is 0.503. The first kappa shape index (κ1) is 26.5. The first-order valence-electron chi connectivity index (χ1n) is 12.7. The Bertz CT molecular complexity index is 1170. The highest BCUT2D eigenvalue weighted by atomic mass is 35.5. The molecule has 9 heteroatoms. The maximum Gasteiger partial charge on any atom is 0.253 e. The molecule has 36 heavy (non-hydrogen) atoms. The van der Waals surface area contributed by atoms with Gasteiger partial charge in [0, 0.05) is 35.3 Å². The number of carbonyl (C=O) groups is 1. The number of rotatable bonds is 9. The average Bonchev–Trinajstić information content (AvgIpc) is 3.34. The summed E-state index contributed by atoms with van der Waals surface area (Å²) in [7, 11) is 0. The summed E-state index contributed by atoms with van der Waals surface area (Å²) >= 11 is 6.47. The van der Waals surface area contributed by atoms with Crippen LogP contribution >= 0.6 is 11.6 Å². The molecule has 1 amide bonds. The number of aryl methyl sites for hydroxylation is 2. The van der Waals surface area contributed by atoms with E-state index >= 15 is 0 Å². The number of amides is 1. The van der Waals surface area contributed by atoms with Gasteiger partial charge in [-0.15, -0.1) is 0 Å². The van der Waals surface area contributed by atoms with E-state index in [2.05, 4.69) is 17.2 Å². The molecule has 1 aromatic heterocycles. The van der Waals surface area contributed by atoms with E-state index < -0.39 is 5.79 Å². The first-order valence-corrected chi connectivity index (χ1v) is 13.0. The number of hydrogen-bond acceptors (Lipinski definition) is 6. The highest BCUT2D eigenvalue weighted by molar-refractivity contribution is 6.32. The van der Waals surface area contributed by atoms with Crippen molar-refractivity contribution in [3.8, 4) is 11.5 Å². The van der Waals surface area contributed by atoms with Gasteiger partial charge in [0.05, 0.1) is 18.2 Å². The Morgan fingerprint density at radius 2 is 1.94 bits per heavy atom. The summed E-state index contributed by atoms with van der Waals surface area (Å²) in [5.74, 6) is 0.122. The molecule has 8 nitrogen and oxygen atoms in total. The molecule has 1 unspecified atom stereocenters. The molecule has 2 aliphatic heterocycles. The van der Waals surface area contributed by atoms with Crippen LogP contribution < -0.4 is 20.3 Å². The summed E-state index contributed by atoms with van der Waals surface area (Å²) in [6.07, 6.45) is 3.78. The van der Waals surface area contributed by atoms with Gasteiger partial charge in [0.25, 0.3) is 11.5 Å². The molecule has 0 radical (unpaired) electrons. The second-order valence-corrected chi connectivity index (χ2v) is 9.82. The van der Waals surface area contributed by atoms with Crippen molar-refractivity contribution >= 4 is 17.5 Å². The average molecular weight is 519 g/mol. The van der Waals surface area contributed by atoms with E-state index in [1.165, 1.54) is 0 Å². The van der Waals surface area contributed by atoms with Gasteiger partial charge < -0.3 is 29.2 Å². The number of pyridine rings is 1. The zero-order valence-electron chi connectivity index (χ0n) is 21.4. The van der Waals surface area contributed by atoms with Gasteiger partial charge in [-0.05, 0) is 57.2 Å². The Balaban J connectivity index is 1.43. The molecule has 3 heterocycles. The minimum absolute atomic E-state index is 0.113. The molecule has 2 aliphatic rings. The number of aromatic amines is 1. The van der Waals surface area contributed by atoms with Crippen LogP contribution in [0.5, 0.6) is 11.5 Å². The third kappa shape index (κ3) is 5.56. The summed E-state index contributed by atoms with van der Waals surface area (Å²) < 4.78 is 23.8. The molecule has 1 fully saturated rings. The predicted octanol–water partition coefficient (Wildman–Crippen LogP) is 4.60. The SMILES string of the molecule is CCc1cc(C)c(CNC(=O)c2cc(Cl)c3c(c2C)OC(CCCC2(CC)OCCO2)CO3)c(=O)[nH]1. The topological polar surface area (TPSA) is 98.9 Å². The molecule has 1 atom stereocenters. The number of benzene rings is 1. The Kier molecular flexibility index (Phi) is 8.27. The third-order valence-electron chi connectivity index (χ3n) is 7.04. The number of fused-ring (bicyclic) bond motifs is 1. The maximum absolute atomic E-state index is 13.1. The van der Waals surface area contributed by atoms with Crippen LogP contribution in [0.2, 0.25) is 5.02 Å². The Hall–Kier alpha value is -2.55. The number of H-pyrrole nitrogens is 1. The maximum atomic E-state index is 13.1. The number of nitrogens with one attached hydrogen (secondary N) is 2. The number of hydrogen-bond donors (Lipinski definition) is 2. The molecule has 0 bridgehead atoms. The van der Waals surface area contributed by atoms with Crippen LogP contribution in [-0.4, -0.2) is 42.6 Å². The van der Waals surface area contributed by atoms with Gasteiger partial charge in [0.15, 0.2) is 17.3 Å². The molecule has 2 aromatic rings. The van der Waals surface area contributed by atoms with Crippen molar-refractivity contribution in [3.63, 3.8) is 0 Å². The van der Waals surface area contributed by atoms with Crippen LogP contribution in [0.1, 0.15) is 72.3 Å². The lowest BCUT2D eigenvalue weighted by atomic mass is 10.0. The van der Waals surface area contributed by atoms with Crippen LogP contribution in [0.4, 0.5) is 0 Å². The number of halogens is 1. The number of aromatic nitrogens is 1. The van der Waals surface area contributed by atoms with Gasteiger partial charge in [-0.2, -0.15) is 0 Å². The van der Waals surface area contributed by atoms with E-state index in [4.69, 9.17) is 30.5 Å². The fourth-order valence-corrected chi connectivity index (χ4v) is 5.06. The summed E-state index contributed by atoms with van der Waals surface area (Å²) in [6.45, 7) is 9.49. The minimum atomic E-state index is -0.491. The van der Waals surface area contributed by atoms with E-state index in [0.717, 1.165) is 43.4 Å². The van der Waals surface area contributed by atoms with Crippen LogP contribution in [0, 0.1) is 13.8 Å². The molecule has 1 saturated heterocycles. The Morgan fingerprint density at radius 3 is 2.61 bits per heavy atom. The zero-order valence-corrected chi connectivity index (χ0v) is 22.2. The fourth-order valence-electron chi connectivity index (χ4n) is 4.81. The number of ether oxygens (including phenoxy) is 4. The minimum Gasteiger partial charge on any atom is -0.484 e. The summed E-state index contributed by atoms with van der Waals surface area (Å²) in [6, 6.07) is 3.52. The van der Waals surface area contributed by atoms with Crippen molar-refractivity contribution in [1.82, 2.24) is 10.3 Å². The standard InChI is InChI=1S/C27H35ClN2O6/c1-5-18-12-16(3)21(26(32)30-18)14-29-25(31)20-13-22(28)24-23(17(20)4)36-19(15-33-24)8-7-9-27(6-2)34-10-11-35-27/h12-13,19H,5-11,14-15H2,1-4H3,(H,29,31)(H,30,32). The van der Waals surface area contributed by atoms with Gasteiger partial charge >= 0.3 is 0 Å². The zero-order chi connectivity index (χ0) is 25.9. The van der Waals surface area contributed by atoms with Crippen LogP contribution in [0.25, 0.3) is 0 Å². The third-order valence-corrected chi connectivity index (χ3v) is 7.32. The highest BCUT2D eigenvalue weighted by Gasteiger charge is 2.35. The van der Waals surface area contributed by atoms with Crippen molar-refractivity contribution in [2.24, 2.45) is 0 Å². The van der Waals surface area contributed by atoms with Gasteiger partial charge in [0.1, 0.15) is 12.7 Å². The van der Waals surface area contributed by atoms with Gasteiger partial charge in [0.2, 0.25) is 0 Å². The van der Waals surface area contributed by atoms with E-state index in [0.29, 0.717) is 53.0 Å². The van der Waals surface area contributed by atoms with Gasteiger partial charge in [-0.1, -0.05) is 25.4 Å². The largest absolute Gasteiger partial charge is 0.484 e. The van der Waals surface area contributed by atoms with Crippen molar-refractivity contribution in [3.05, 3.63) is 55.5 Å². The first-order chi connectivity index (χ1) is 17.3. The Labute approximate surface area is 216 Å². The monoisotopic (exact) mass is 518 g/mol. The normalized spacial score (nSPS) is 18.3. The molecule has 0 saturated carbocycles. The van der Waals surface area contributed by atoms with E-state index in [9.17, 15) is 9.59 Å². The molecule has 196 valence electrons. The second-order valence-electron chi connectivity index (χ2n) is 9.41. The van der Waals surface area contributed by atoms with Crippen molar-refractivity contribution < 1.29 is 23.7 Å². The molecule has 0 aliphatic carbocycles. The predicted molar refractivity (Wildman–Crippen MR) is 137 cm³/mol. The van der Waals surface area contributed by atoms with E-state index in [1.54, 1.807) is 6.07 Å².